The molecule has 0 N–H and O–H groups in total. The number of para-hydroxylation sites is 2. The summed E-state index contributed by atoms with van der Waals surface area (Å²) in [6.45, 7) is 1.82. The first-order chi connectivity index (χ1) is 13.0. The maximum absolute atomic E-state index is 13.3. The minimum Gasteiger partial charge on any atom is -0.485 e. The first-order valence-corrected chi connectivity index (χ1v) is 10.2. The van der Waals surface area contributed by atoms with Crippen molar-refractivity contribution in [2.45, 2.75) is 57.7 Å². The third-order valence-corrected chi connectivity index (χ3v) is 6.99. The van der Waals surface area contributed by atoms with E-state index in [0.29, 0.717) is 29.3 Å². The fourth-order valence-corrected chi connectivity index (χ4v) is 6.28. The van der Waals surface area contributed by atoms with Crippen LogP contribution in [0.4, 0.5) is 0 Å². The summed E-state index contributed by atoms with van der Waals surface area (Å²) >= 11 is 0. The summed E-state index contributed by atoms with van der Waals surface area (Å²) in [6.07, 6.45) is 5.25. The van der Waals surface area contributed by atoms with E-state index in [0.717, 1.165) is 19.3 Å². The topological polar surface area (TPSA) is 61.8 Å². The smallest absolute Gasteiger partial charge is 0.351 e. The van der Waals surface area contributed by atoms with Crippen molar-refractivity contribution in [2.24, 2.45) is 23.2 Å². The lowest BCUT2D eigenvalue weighted by molar-refractivity contribution is -0.170. The van der Waals surface area contributed by atoms with E-state index in [1.165, 1.54) is 19.3 Å². The van der Waals surface area contributed by atoms with Crippen molar-refractivity contribution in [3.63, 3.8) is 0 Å². The lowest BCUT2D eigenvalue weighted by atomic mass is 9.48. The van der Waals surface area contributed by atoms with Gasteiger partial charge in [0.05, 0.1) is 0 Å². The molecule has 1 heterocycles. The Kier molecular flexibility index (Phi) is 3.95. The van der Waals surface area contributed by atoms with Gasteiger partial charge >= 0.3 is 5.97 Å². The molecule has 144 valence electrons. The van der Waals surface area contributed by atoms with Crippen molar-refractivity contribution in [3.05, 3.63) is 24.3 Å². The Labute approximate surface area is 159 Å². The predicted octanol–water partition coefficient (Wildman–Crippen LogP) is 3.54. The Hall–Kier alpha value is -2.04. The van der Waals surface area contributed by atoms with Crippen LogP contribution >= 0.6 is 0 Å². The molecule has 1 aromatic rings. The fourth-order valence-electron chi connectivity index (χ4n) is 6.28. The van der Waals surface area contributed by atoms with Crippen LogP contribution in [0.3, 0.4) is 0 Å². The monoisotopic (exact) mass is 370 g/mol. The van der Waals surface area contributed by atoms with Gasteiger partial charge in [0.2, 0.25) is 6.10 Å². The molecule has 0 amide bonds. The Morgan fingerprint density at radius 3 is 2.26 bits per heavy atom. The van der Waals surface area contributed by atoms with Gasteiger partial charge in [-0.15, -0.1) is 0 Å². The molecular weight excluding hydrogens is 344 g/mol. The zero-order valence-electron chi connectivity index (χ0n) is 15.7. The Bertz CT molecular complexity index is 734. The Balaban J connectivity index is 1.25. The molecular formula is C22H26O5. The van der Waals surface area contributed by atoms with E-state index in [-0.39, 0.29) is 17.8 Å². The zero-order valence-corrected chi connectivity index (χ0v) is 15.7. The zero-order chi connectivity index (χ0) is 18.6. The van der Waals surface area contributed by atoms with Crippen molar-refractivity contribution >= 4 is 11.8 Å². The normalized spacial score (nSPS) is 36.9. The summed E-state index contributed by atoms with van der Waals surface area (Å²) in [5, 5.41) is 0. The molecule has 1 aliphatic heterocycles. The number of hydrogen-bond acceptors (Lipinski definition) is 5. The number of benzene rings is 1. The largest absolute Gasteiger partial charge is 0.485 e. The molecule has 2 unspecified atom stereocenters. The quantitative estimate of drug-likeness (QED) is 0.759. The summed E-state index contributed by atoms with van der Waals surface area (Å²) in [4.78, 5) is 25.8. The summed E-state index contributed by atoms with van der Waals surface area (Å²) < 4.78 is 16.9. The highest BCUT2D eigenvalue weighted by molar-refractivity contribution is 5.91. The van der Waals surface area contributed by atoms with Crippen LogP contribution in [0.25, 0.3) is 0 Å². The molecule has 1 aromatic carbocycles. The average molecular weight is 370 g/mol. The Morgan fingerprint density at radius 2 is 1.63 bits per heavy atom. The van der Waals surface area contributed by atoms with Crippen molar-refractivity contribution in [2.75, 3.05) is 6.61 Å². The van der Waals surface area contributed by atoms with E-state index in [1.807, 2.05) is 12.1 Å². The number of carbonyl (C=O) groups excluding carboxylic acids is 2. The maximum atomic E-state index is 13.3. The van der Waals surface area contributed by atoms with Crippen LogP contribution in [-0.4, -0.2) is 30.6 Å². The lowest BCUT2D eigenvalue weighted by Gasteiger charge is -2.56. The molecule has 4 fully saturated rings. The first-order valence-electron chi connectivity index (χ1n) is 10.2. The summed E-state index contributed by atoms with van der Waals surface area (Å²) in [5.41, 5.74) is -0.259. The van der Waals surface area contributed by atoms with Gasteiger partial charge in [-0.1, -0.05) is 12.1 Å². The minimum atomic E-state index is -0.827. The van der Waals surface area contributed by atoms with Crippen LogP contribution in [0.5, 0.6) is 11.5 Å². The van der Waals surface area contributed by atoms with Gasteiger partial charge in [0.25, 0.3) is 0 Å². The molecule has 2 atom stereocenters. The van der Waals surface area contributed by atoms with Crippen LogP contribution < -0.4 is 9.47 Å². The highest BCUT2D eigenvalue weighted by Crippen LogP contribution is 2.60. The predicted molar refractivity (Wildman–Crippen MR) is 97.5 cm³/mol. The van der Waals surface area contributed by atoms with E-state index in [4.69, 9.17) is 14.2 Å². The molecule has 0 aromatic heterocycles. The van der Waals surface area contributed by atoms with Crippen LogP contribution in [0.1, 0.15) is 45.4 Å². The highest BCUT2D eigenvalue weighted by Gasteiger charge is 2.55. The molecule has 6 rings (SSSR count). The molecule has 4 aliphatic carbocycles. The number of esters is 1. The summed E-state index contributed by atoms with van der Waals surface area (Å²) in [7, 11) is 0. The number of Topliss-reactive ketones (excluding diaryl/α,β-unsaturated/α-hetero) is 1. The lowest BCUT2D eigenvalue weighted by Crippen LogP contribution is -2.53. The van der Waals surface area contributed by atoms with E-state index >= 15 is 0 Å². The second-order valence-corrected chi connectivity index (χ2v) is 9.01. The van der Waals surface area contributed by atoms with Gasteiger partial charge in [-0.2, -0.15) is 0 Å². The van der Waals surface area contributed by atoms with E-state index < -0.39 is 18.2 Å². The second kappa shape index (κ2) is 6.25. The second-order valence-electron chi connectivity index (χ2n) is 9.01. The van der Waals surface area contributed by atoms with Crippen LogP contribution in [-0.2, 0) is 14.3 Å². The van der Waals surface area contributed by atoms with Crippen molar-refractivity contribution in [1.82, 2.24) is 0 Å². The van der Waals surface area contributed by atoms with Crippen molar-refractivity contribution < 1.29 is 23.8 Å². The number of fused-ring (bicyclic) bond motifs is 1. The third-order valence-electron chi connectivity index (χ3n) is 6.99. The maximum Gasteiger partial charge on any atom is 0.351 e. The first kappa shape index (κ1) is 17.1. The molecule has 5 nitrogen and oxygen atoms in total. The molecule has 5 aliphatic rings. The molecule has 4 saturated carbocycles. The molecule has 4 bridgehead atoms. The highest BCUT2D eigenvalue weighted by atomic mass is 16.6. The Morgan fingerprint density at radius 1 is 1.04 bits per heavy atom. The number of rotatable bonds is 4. The summed E-state index contributed by atoms with van der Waals surface area (Å²) in [5.74, 6) is 2.83. The van der Waals surface area contributed by atoms with Gasteiger partial charge in [0.15, 0.2) is 23.4 Å². The van der Waals surface area contributed by atoms with Gasteiger partial charge in [-0.3, -0.25) is 4.79 Å². The third kappa shape index (κ3) is 2.91. The fraction of sp³-hybridized carbons (Fsp3) is 0.636. The van der Waals surface area contributed by atoms with Crippen LogP contribution in [0.2, 0.25) is 0 Å². The molecule has 0 radical (unpaired) electrons. The SMILES string of the molecule is CC(OC(=O)C1COc2ccccc2O1)C(=O)C12CC3CC(CC(C3)C1)C2. The molecule has 5 heteroatoms. The van der Waals surface area contributed by atoms with Gasteiger partial charge in [0.1, 0.15) is 6.61 Å². The van der Waals surface area contributed by atoms with Gasteiger partial charge in [-0.05, 0) is 75.3 Å². The summed E-state index contributed by atoms with van der Waals surface area (Å²) in [6, 6.07) is 7.25. The number of carbonyl (C=O) groups is 2. The number of ketones is 1. The van der Waals surface area contributed by atoms with E-state index in [1.54, 1.807) is 19.1 Å². The van der Waals surface area contributed by atoms with Gasteiger partial charge < -0.3 is 14.2 Å². The molecule has 0 saturated heterocycles. The van der Waals surface area contributed by atoms with E-state index in [9.17, 15) is 9.59 Å². The average Bonchev–Trinajstić information content (AvgIpc) is 2.65. The number of ether oxygens (including phenoxy) is 3. The van der Waals surface area contributed by atoms with Crippen molar-refractivity contribution in [1.29, 1.82) is 0 Å². The van der Waals surface area contributed by atoms with Gasteiger partial charge in [-0.25, -0.2) is 4.79 Å². The van der Waals surface area contributed by atoms with Gasteiger partial charge in [0, 0.05) is 5.41 Å². The standard InChI is InChI=1S/C22H26O5/c1-13(20(23)22-9-14-6-15(10-22)8-16(7-14)11-22)26-21(24)19-12-25-17-4-2-3-5-18(17)27-19/h2-5,13-16,19H,6-12H2,1H3. The van der Waals surface area contributed by atoms with Crippen LogP contribution in [0, 0.1) is 23.2 Å². The van der Waals surface area contributed by atoms with E-state index in [2.05, 4.69) is 0 Å². The number of hydrogen-bond donors (Lipinski definition) is 0. The van der Waals surface area contributed by atoms with Crippen LogP contribution in [0.15, 0.2) is 24.3 Å². The molecule has 0 spiro atoms. The minimum absolute atomic E-state index is 0.105. The molecule has 27 heavy (non-hydrogen) atoms. The van der Waals surface area contributed by atoms with Crippen molar-refractivity contribution in [3.8, 4) is 11.5 Å².